The smallest absolute Gasteiger partial charge is 0.199 e. The minimum Gasteiger partial charge on any atom is -0.300 e. The Morgan fingerprint density at radius 2 is 2.04 bits per heavy atom. The minimum atomic E-state index is 0.413. The van der Waals surface area contributed by atoms with Gasteiger partial charge in [0.2, 0.25) is 0 Å². The lowest BCUT2D eigenvalue weighted by Crippen LogP contribution is -2.35. The molecule has 4 rings (SSSR count). The lowest BCUT2D eigenvalue weighted by molar-refractivity contribution is 0.144. The van der Waals surface area contributed by atoms with E-state index in [2.05, 4.69) is 52.1 Å². The second kappa shape index (κ2) is 6.86. The van der Waals surface area contributed by atoms with Crippen molar-refractivity contribution in [1.29, 1.82) is 0 Å². The van der Waals surface area contributed by atoms with Crippen LogP contribution in [-0.2, 0) is 19.6 Å². The first-order chi connectivity index (χ1) is 12.1. The molecule has 3 heterocycles. The van der Waals surface area contributed by atoms with E-state index in [1.54, 1.807) is 0 Å². The quantitative estimate of drug-likeness (QED) is 0.636. The lowest BCUT2D eigenvalue weighted by atomic mass is 10.0. The molecule has 0 aliphatic carbocycles. The molecule has 1 aliphatic heterocycles. The first-order valence-electron chi connectivity index (χ1n) is 8.62. The van der Waals surface area contributed by atoms with Crippen molar-refractivity contribution in [2.75, 3.05) is 6.54 Å². The van der Waals surface area contributed by atoms with Crippen molar-refractivity contribution < 1.29 is 0 Å². The van der Waals surface area contributed by atoms with Gasteiger partial charge in [0.05, 0.1) is 13.2 Å². The summed E-state index contributed by atoms with van der Waals surface area (Å²) in [5, 5.41) is 6.92. The highest BCUT2D eigenvalue weighted by molar-refractivity contribution is 7.71. The van der Waals surface area contributed by atoms with E-state index in [0.29, 0.717) is 6.04 Å². The molecule has 0 N–H and O–H groups in total. The number of thiophene rings is 1. The van der Waals surface area contributed by atoms with Crippen LogP contribution in [0.2, 0.25) is 0 Å². The van der Waals surface area contributed by atoms with Crippen LogP contribution in [0.25, 0.3) is 0 Å². The van der Waals surface area contributed by atoms with Gasteiger partial charge in [-0.3, -0.25) is 9.47 Å². The van der Waals surface area contributed by atoms with Gasteiger partial charge >= 0.3 is 0 Å². The molecule has 0 unspecified atom stereocenters. The molecule has 130 valence electrons. The van der Waals surface area contributed by atoms with Gasteiger partial charge in [-0.2, -0.15) is 5.10 Å². The molecule has 0 fully saturated rings. The molecule has 6 heteroatoms. The Morgan fingerprint density at radius 1 is 1.24 bits per heavy atom. The average Bonchev–Trinajstić information content (AvgIpc) is 3.19. The van der Waals surface area contributed by atoms with E-state index >= 15 is 0 Å². The Hall–Kier alpha value is -1.76. The van der Waals surface area contributed by atoms with Gasteiger partial charge in [-0.05, 0) is 55.1 Å². The Labute approximate surface area is 157 Å². The molecule has 3 aromatic rings. The van der Waals surface area contributed by atoms with Crippen LogP contribution in [0.4, 0.5) is 0 Å². The lowest BCUT2D eigenvalue weighted by Gasteiger charge is -2.33. The minimum absolute atomic E-state index is 0.413. The van der Waals surface area contributed by atoms with Gasteiger partial charge in [0.1, 0.15) is 5.82 Å². The maximum absolute atomic E-state index is 5.72. The highest BCUT2D eigenvalue weighted by atomic mass is 32.1. The first-order valence-corrected chi connectivity index (χ1v) is 9.91. The molecule has 1 atom stereocenters. The number of benzene rings is 1. The van der Waals surface area contributed by atoms with Gasteiger partial charge in [-0.1, -0.05) is 30.3 Å². The van der Waals surface area contributed by atoms with Crippen molar-refractivity contribution in [1.82, 2.24) is 19.2 Å². The van der Waals surface area contributed by atoms with Crippen LogP contribution in [0, 0.1) is 11.7 Å². The topological polar surface area (TPSA) is 26.0 Å². The Bertz CT molecular complexity index is 923. The van der Waals surface area contributed by atoms with E-state index in [1.807, 2.05) is 29.0 Å². The van der Waals surface area contributed by atoms with Gasteiger partial charge in [-0.25, -0.2) is 4.68 Å². The Balaban J connectivity index is 1.56. The Kier molecular flexibility index (Phi) is 4.58. The SMILES string of the molecule is Cc1nn(CN2CCc3sccc3[C@H]2C)c(=S)n1Cc1ccccc1. The van der Waals surface area contributed by atoms with Gasteiger partial charge in [0, 0.05) is 17.5 Å². The number of hydrogen-bond donors (Lipinski definition) is 0. The third-order valence-electron chi connectivity index (χ3n) is 5.01. The van der Waals surface area contributed by atoms with Crippen molar-refractivity contribution in [3.05, 3.63) is 68.4 Å². The first kappa shape index (κ1) is 16.7. The van der Waals surface area contributed by atoms with Crippen LogP contribution in [0.1, 0.15) is 34.8 Å². The zero-order chi connectivity index (χ0) is 17.4. The predicted molar refractivity (Wildman–Crippen MR) is 104 cm³/mol. The van der Waals surface area contributed by atoms with E-state index in [9.17, 15) is 0 Å². The maximum Gasteiger partial charge on any atom is 0.199 e. The number of hydrogen-bond acceptors (Lipinski definition) is 4. The van der Waals surface area contributed by atoms with E-state index in [1.165, 1.54) is 16.0 Å². The number of nitrogens with zero attached hydrogens (tertiary/aromatic N) is 4. The summed E-state index contributed by atoms with van der Waals surface area (Å²) in [7, 11) is 0. The third-order valence-corrected chi connectivity index (χ3v) is 6.44. The zero-order valence-corrected chi connectivity index (χ0v) is 16.2. The third kappa shape index (κ3) is 3.21. The molecule has 25 heavy (non-hydrogen) atoms. The predicted octanol–water partition coefficient (Wildman–Crippen LogP) is 4.41. The normalized spacial score (nSPS) is 17.6. The average molecular weight is 371 g/mol. The number of fused-ring (bicyclic) bond motifs is 1. The second-order valence-electron chi connectivity index (χ2n) is 6.58. The van der Waals surface area contributed by atoms with E-state index in [4.69, 9.17) is 17.3 Å². The maximum atomic E-state index is 5.72. The molecule has 4 nitrogen and oxygen atoms in total. The van der Waals surface area contributed by atoms with Crippen LogP contribution in [-0.4, -0.2) is 25.8 Å². The van der Waals surface area contributed by atoms with E-state index in [0.717, 1.165) is 36.8 Å². The fraction of sp³-hybridized carbons (Fsp3) is 0.368. The van der Waals surface area contributed by atoms with Gasteiger partial charge in [0.15, 0.2) is 4.77 Å². The van der Waals surface area contributed by atoms with Crippen molar-refractivity contribution in [2.24, 2.45) is 0 Å². The summed E-state index contributed by atoms with van der Waals surface area (Å²) in [5.41, 5.74) is 2.71. The zero-order valence-electron chi connectivity index (χ0n) is 14.6. The summed E-state index contributed by atoms with van der Waals surface area (Å²) in [4.78, 5) is 3.99. The van der Waals surface area contributed by atoms with Crippen LogP contribution < -0.4 is 0 Å². The van der Waals surface area contributed by atoms with Crippen molar-refractivity contribution in [3.8, 4) is 0 Å². The second-order valence-corrected chi connectivity index (χ2v) is 7.95. The van der Waals surface area contributed by atoms with Gasteiger partial charge in [-0.15, -0.1) is 11.3 Å². The molecule has 0 saturated heterocycles. The molecule has 2 aromatic heterocycles. The van der Waals surface area contributed by atoms with Gasteiger partial charge < -0.3 is 0 Å². The monoisotopic (exact) mass is 370 g/mol. The summed E-state index contributed by atoms with van der Waals surface area (Å²) in [6.45, 7) is 6.89. The molecule has 0 radical (unpaired) electrons. The van der Waals surface area contributed by atoms with E-state index in [-0.39, 0.29) is 0 Å². The number of aromatic nitrogens is 3. The standard InChI is InChI=1S/C19H22N4S2/c1-14-17-9-11-25-18(17)8-10-21(14)13-23-19(24)22(15(2)20-23)12-16-6-4-3-5-7-16/h3-7,9,11,14H,8,10,12-13H2,1-2H3/t14-/m1/s1. The van der Waals surface area contributed by atoms with Crippen LogP contribution >= 0.6 is 23.6 Å². The van der Waals surface area contributed by atoms with Crippen molar-refractivity contribution in [3.63, 3.8) is 0 Å². The molecular weight excluding hydrogens is 348 g/mol. The highest BCUT2D eigenvalue weighted by Gasteiger charge is 2.25. The number of rotatable bonds is 4. The summed E-state index contributed by atoms with van der Waals surface area (Å²) in [6.07, 6.45) is 1.12. The molecule has 0 saturated carbocycles. The molecule has 1 aliphatic rings. The molecule has 0 amide bonds. The Morgan fingerprint density at radius 3 is 2.84 bits per heavy atom. The highest BCUT2D eigenvalue weighted by Crippen LogP contribution is 2.32. The van der Waals surface area contributed by atoms with Crippen molar-refractivity contribution in [2.45, 2.75) is 39.5 Å². The summed E-state index contributed by atoms with van der Waals surface area (Å²) in [6, 6.07) is 13.1. The van der Waals surface area contributed by atoms with Crippen LogP contribution in [0.3, 0.4) is 0 Å². The summed E-state index contributed by atoms with van der Waals surface area (Å²) < 4.78 is 4.89. The summed E-state index contributed by atoms with van der Waals surface area (Å²) in [5.74, 6) is 0.967. The van der Waals surface area contributed by atoms with Gasteiger partial charge in [0.25, 0.3) is 0 Å². The number of aryl methyl sites for hydroxylation is 1. The molecule has 1 aromatic carbocycles. The fourth-order valence-corrected chi connectivity index (χ4v) is 4.77. The van der Waals surface area contributed by atoms with E-state index < -0.39 is 0 Å². The van der Waals surface area contributed by atoms with Crippen LogP contribution in [0.5, 0.6) is 0 Å². The molecule has 0 bridgehead atoms. The molecule has 0 spiro atoms. The largest absolute Gasteiger partial charge is 0.300 e. The summed E-state index contributed by atoms with van der Waals surface area (Å²) >= 11 is 7.59. The van der Waals surface area contributed by atoms with Crippen LogP contribution in [0.15, 0.2) is 41.8 Å². The fourth-order valence-electron chi connectivity index (χ4n) is 3.52. The van der Waals surface area contributed by atoms with Crippen molar-refractivity contribution >= 4 is 23.6 Å². The molecular formula is C19H22N4S2.